The van der Waals surface area contributed by atoms with E-state index in [2.05, 4.69) is 10.2 Å². The smallest absolute Gasteiger partial charge is 0.270 e. The minimum absolute atomic E-state index is 0.0196. The molecule has 29 heavy (non-hydrogen) atoms. The Hall–Kier alpha value is -2.31. The van der Waals surface area contributed by atoms with Crippen molar-refractivity contribution >= 4 is 17.7 Å². The first-order valence-corrected chi connectivity index (χ1v) is 11.0. The van der Waals surface area contributed by atoms with Crippen LogP contribution in [0.4, 0.5) is 0 Å². The molecule has 0 aromatic carbocycles. The topological polar surface area (TPSA) is 74.6 Å². The standard InChI is InChI=1S/C22H32N4O3/c1-3-6-20(27)23-12-19-16-11-15(17-7-4-9-21(28)26(17)19)13-25(14-16)22(29)18-8-5-10-24(18)2/h5,8,10,15-17,19H,3-4,6-7,9,11-14H2,1-2H3,(H,23,27)/t15-,16+,17+,19+/m1/s1. The van der Waals surface area contributed by atoms with Crippen molar-refractivity contribution in [1.29, 1.82) is 0 Å². The van der Waals surface area contributed by atoms with Crippen LogP contribution < -0.4 is 5.32 Å². The molecule has 4 rings (SSSR count). The fourth-order valence-corrected chi connectivity index (χ4v) is 5.58. The van der Waals surface area contributed by atoms with E-state index < -0.39 is 0 Å². The molecule has 3 aliphatic rings. The molecule has 3 amide bonds. The maximum Gasteiger partial charge on any atom is 0.270 e. The highest BCUT2D eigenvalue weighted by Gasteiger charge is 2.50. The number of nitrogens with one attached hydrogen (secondary N) is 1. The third-order valence-corrected chi connectivity index (χ3v) is 6.93. The highest BCUT2D eigenvalue weighted by molar-refractivity contribution is 5.93. The molecule has 4 heterocycles. The lowest BCUT2D eigenvalue weighted by Crippen LogP contribution is -2.67. The van der Waals surface area contributed by atoms with Crippen LogP contribution in [0.5, 0.6) is 0 Å². The summed E-state index contributed by atoms with van der Waals surface area (Å²) in [7, 11) is 1.89. The third-order valence-electron chi connectivity index (χ3n) is 6.93. The van der Waals surface area contributed by atoms with Gasteiger partial charge in [-0.3, -0.25) is 14.4 Å². The normalized spacial score (nSPS) is 28.8. The molecule has 3 saturated heterocycles. The van der Waals surface area contributed by atoms with Crippen LogP contribution in [0.15, 0.2) is 18.3 Å². The Morgan fingerprint density at radius 1 is 1.24 bits per heavy atom. The summed E-state index contributed by atoms with van der Waals surface area (Å²) in [5.74, 6) is 0.857. The van der Waals surface area contributed by atoms with E-state index in [0.717, 1.165) is 25.7 Å². The predicted molar refractivity (Wildman–Crippen MR) is 109 cm³/mol. The molecule has 7 heteroatoms. The van der Waals surface area contributed by atoms with Gasteiger partial charge >= 0.3 is 0 Å². The zero-order valence-electron chi connectivity index (χ0n) is 17.5. The number of rotatable bonds is 5. The van der Waals surface area contributed by atoms with E-state index in [0.29, 0.717) is 44.1 Å². The second kappa shape index (κ2) is 8.20. The summed E-state index contributed by atoms with van der Waals surface area (Å²) in [5.41, 5.74) is 0.703. The van der Waals surface area contributed by atoms with Crippen molar-refractivity contribution in [3.05, 3.63) is 24.0 Å². The molecular formula is C22H32N4O3. The van der Waals surface area contributed by atoms with Crippen LogP contribution in [-0.2, 0) is 16.6 Å². The Morgan fingerprint density at radius 3 is 2.76 bits per heavy atom. The molecule has 1 aromatic heterocycles. The Kier molecular flexibility index (Phi) is 5.65. The number of carbonyl (C=O) groups is 3. The van der Waals surface area contributed by atoms with Crippen molar-refractivity contribution in [1.82, 2.24) is 19.7 Å². The van der Waals surface area contributed by atoms with Gasteiger partial charge in [-0.05, 0) is 49.7 Å². The second-order valence-electron chi connectivity index (χ2n) is 8.85. The lowest BCUT2D eigenvalue weighted by Gasteiger charge is -2.56. The number of hydrogen-bond donors (Lipinski definition) is 1. The lowest BCUT2D eigenvalue weighted by atomic mass is 9.72. The Labute approximate surface area is 172 Å². The third kappa shape index (κ3) is 3.79. The van der Waals surface area contributed by atoms with Crippen molar-refractivity contribution in [2.75, 3.05) is 19.6 Å². The Balaban J connectivity index is 1.55. The average Bonchev–Trinajstić information content (AvgIpc) is 3.13. The lowest BCUT2D eigenvalue weighted by molar-refractivity contribution is -0.152. The van der Waals surface area contributed by atoms with E-state index in [-0.39, 0.29) is 35.7 Å². The summed E-state index contributed by atoms with van der Waals surface area (Å²) in [4.78, 5) is 42.1. The van der Waals surface area contributed by atoms with E-state index >= 15 is 0 Å². The average molecular weight is 401 g/mol. The van der Waals surface area contributed by atoms with Crippen molar-refractivity contribution < 1.29 is 14.4 Å². The van der Waals surface area contributed by atoms with Gasteiger partial charge in [0.15, 0.2) is 0 Å². The number of hydrogen-bond acceptors (Lipinski definition) is 3. The molecule has 1 N–H and O–H groups in total. The first kappa shape index (κ1) is 20.0. The molecule has 0 spiro atoms. The number of aromatic nitrogens is 1. The van der Waals surface area contributed by atoms with Crippen LogP contribution >= 0.6 is 0 Å². The van der Waals surface area contributed by atoms with E-state index in [1.54, 1.807) is 0 Å². The summed E-state index contributed by atoms with van der Waals surface area (Å²) in [6.07, 6.45) is 6.75. The predicted octanol–water partition coefficient (Wildman–Crippen LogP) is 1.78. The number of nitrogens with zero attached hydrogens (tertiary/aromatic N) is 3. The van der Waals surface area contributed by atoms with Crippen LogP contribution in [-0.4, -0.2) is 63.8 Å². The van der Waals surface area contributed by atoms with Gasteiger partial charge in [0, 0.05) is 51.8 Å². The van der Waals surface area contributed by atoms with Gasteiger partial charge in [-0.1, -0.05) is 6.92 Å². The van der Waals surface area contributed by atoms with Gasteiger partial charge in [0.25, 0.3) is 5.91 Å². The number of fused-ring (bicyclic) bond motifs is 4. The first-order chi connectivity index (χ1) is 14.0. The Bertz CT molecular complexity index is 789. The second-order valence-corrected chi connectivity index (χ2v) is 8.85. The van der Waals surface area contributed by atoms with Crippen LogP contribution in [0, 0.1) is 11.8 Å². The summed E-state index contributed by atoms with van der Waals surface area (Å²) >= 11 is 0. The molecule has 0 unspecified atom stereocenters. The van der Waals surface area contributed by atoms with Crippen molar-refractivity contribution in [3.8, 4) is 0 Å². The van der Waals surface area contributed by atoms with Crippen LogP contribution in [0.3, 0.4) is 0 Å². The van der Waals surface area contributed by atoms with Gasteiger partial charge in [0.05, 0.1) is 6.04 Å². The fraction of sp³-hybridized carbons (Fsp3) is 0.682. The number of likely N-dealkylation sites (tertiary alicyclic amines) is 1. The maximum atomic E-state index is 13.1. The van der Waals surface area contributed by atoms with Gasteiger partial charge in [-0.15, -0.1) is 0 Å². The fourth-order valence-electron chi connectivity index (χ4n) is 5.58. The Morgan fingerprint density at radius 2 is 2.03 bits per heavy atom. The van der Waals surface area contributed by atoms with Gasteiger partial charge in [-0.25, -0.2) is 0 Å². The van der Waals surface area contributed by atoms with Crippen molar-refractivity contribution in [2.45, 2.75) is 57.5 Å². The number of piperidine rings is 3. The molecule has 0 saturated carbocycles. The van der Waals surface area contributed by atoms with Gasteiger partial charge in [0.1, 0.15) is 5.69 Å². The highest BCUT2D eigenvalue weighted by atomic mass is 16.2. The molecule has 0 aliphatic carbocycles. The summed E-state index contributed by atoms with van der Waals surface area (Å²) < 4.78 is 1.87. The van der Waals surface area contributed by atoms with E-state index in [9.17, 15) is 14.4 Å². The number of amides is 3. The summed E-state index contributed by atoms with van der Waals surface area (Å²) in [6.45, 7) is 3.84. The summed E-state index contributed by atoms with van der Waals surface area (Å²) in [5, 5.41) is 3.05. The van der Waals surface area contributed by atoms with Gasteiger partial charge in [-0.2, -0.15) is 0 Å². The minimum atomic E-state index is -0.0196. The largest absolute Gasteiger partial charge is 0.354 e. The molecule has 0 radical (unpaired) electrons. The molecule has 3 fully saturated rings. The quantitative estimate of drug-likeness (QED) is 0.819. The maximum absolute atomic E-state index is 13.1. The van der Waals surface area contributed by atoms with Gasteiger partial charge < -0.3 is 19.7 Å². The SMILES string of the molecule is CCCC(=O)NC[C@H]1[C@H]2C[C@H](CN(C(=O)c3cccn3C)C2)[C@@H]2CCCC(=O)N21. The molecule has 2 bridgehead atoms. The van der Waals surface area contributed by atoms with Gasteiger partial charge in [0.2, 0.25) is 11.8 Å². The molecule has 1 aromatic rings. The molecule has 158 valence electrons. The summed E-state index contributed by atoms with van der Waals surface area (Å²) in [6, 6.07) is 3.93. The van der Waals surface area contributed by atoms with Crippen LogP contribution in [0.2, 0.25) is 0 Å². The van der Waals surface area contributed by atoms with E-state index in [1.807, 2.05) is 41.8 Å². The minimum Gasteiger partial charge on any atom is -0.354 e. The van der Waals surface area contributed by atoms with Crippen molar-refractivity contribution in [2.24, 2.45) is 18.9 Å². The number of carbonyl (C=O) groups excluding carboxylic acids is 3. The van der Waals surface area contributed by atoms with Crippen LogP contribution in [0.1, 0.15) is 55.9 Å². The molecule has 4 atom stereocenters. The number of aryl methyl sites for hydroxylation is 1. The monoisotopic (exact) mass is 400 g/mol. The highest BCUT2D eigenvalue weighted by Crippen LogP contribution is 2.41. The van der Waals surface area contributed by atoms with Crippen LogP contribution in [0.25, 0.3) is 0 Å². The zero-order chi connectivity index (χ0) is 20.5. The van der Waals surface area contributed by atoms with E-state index in [1.165, 1.54) is 0 Å². The molecule has 3 aliphatic heterocycles. The molecule has 7 nitrogen and oxygen atoms in total. The van der Waals surface area contributed by atoms with E-state index in [4.69, 9.17) is 0 Å². The van der Waals surface area contributed by atoms with Crippen molar-refractivity contribution in [3.63, 3.8) is 0 Å². The molecular weight excluding hydrogens is 368 g/mol. The first-order valence-electron chi connectivity index (χ1n) is 11.0. The zero-order valence-corrected chi connectivity index (χ0v) is 17.5.